The number of carbonyl (C=O) groups excluding carboxylic acids is 2. The summed E-state index contributed by atoms with van der Waals surface area (Å²) >= 11 is 0. The first-order valence-electron chi connectivity index (χ1n) is 7.80. The molecule has 27 heavy (non-hydrogen) atoms. The van der Waals surface area contributed by atoms with Crippen LogP contribution in [0.4, 0.5) is 13.2 Å². The number of methoxy groups -OCH3 is 1. The second-order valence-corrected chi connectivity index (χ2v) is 7.02. The topological polar surface area (TPSA) is 72.5 Å². The molecule has 0 spiro atoms. The lowest BCUT2D eigenvalue weighted by molar-refractivity contribution is -0.142. The molecule has 0 saturated carbocycles. The van der Waals surface area contributed by atoms with Gasteiger partial charge in [0, 0.05) is 22.8 Å². The van der Waals surface area contributed by atoms with E-state index >= 15 is 0 Å². The van der Waals surface area contributed by atoms with Crippen LogP contribution < -0.4 is 5.32 Å². The number of ether oxygens (including phenoxy) is 1. The SMILES string of the molecule is COC(=O)[C@@H](CC[S@@](=O)c1ccccc1)NC(=O)c1c(F)cc(F)cc1F. The zero-order valence-electron chi connectivity index (χ0n) is 14.2. The highest BCUT2D eigenvalue weighted by atomic mass is 32.2. The van der Waals surface area contributed by atoms with Crippen molar-refractivity contribution in [3.8, 4) is 0 Å². The summed E-state index contributed by atoms with van der Waals surface area (Å²) in [4.78, 5) is 24.5. The predicted molar refractivity (Wildman–Crippen MR) is 91.9 cm³/mol. The summed E-state index contributed by atoms with van der Waals surface area (Å²) in [6, 6.07) is 7.88. The molecule has 2 atom stereocenters. The van der Waals surface area contributed by atoms with Crippen molar-refractivity contribution < 1.29 is 31.7 Å². The minimum atomic E-state index is -1.45. The van der Waals surface area contributed by atoms with Gasteiger partial charge in [-0.15, -0.1) is 0 Å². The van der Waals surface area contributed by atoms with Crippen LogP contribution in [-0.2, 0) is 20.3 Å². The maximum Gasteiger partial charge on any atom is 0.328 e. The smallest absolute Gasteiger partial charge is 0.328 e. The van der Waals surface area contributed by atoms with Crippen molar-refractivity contribution in [3.05, 3.63) is 65.5 Å². The molecule has 0 saturated heterocycles. The standard InChI is InChI=1S/C18H16F3NO4S/c1-26-18(24)15(7-8-27(25)12-5-3-2-4-6-12)22-17(23)16-13(20)9-11(19)10-14(16)21/h2-6,9-10,15H,7-8H2,1H3,(H,22,23)/t15-,27-/m1/s1. The Morgan fingerprint density at radius 3 is 2.26 bits per heavy atom. The van der Waals surface area contributed by atoms with E-state index in [9.17, 15) is 27.0 Å². The molecular formula is C18H16F3NO4S. The van der Waals surface area contributed by atoms with Gasteiger partial charge in [-0.05, 0) is 18.6 Å². The second kappa shape index (κ2) is 9.31. The third kappa shape index (κ3) is 5.40. The number of amides is 1. The Balaban J connectivity index is 2.12. The van der Waals surface area contributed by atoms with E-state index in [1.807, 2.05) is 0 Å². The van der Waals surface area contributed by atoms with Gasteiger partial charge in [-0.3, -0.25) is 9.00 Å². The predicted octanol–water partition coefficient (Wildman–Crippen LogP) is 2.57. The summed E-state index contributed by atoms with van der Waals surface area (Å²) in [5.41, 5.74) is -1.02. The maximum absolute atomic E-state index is 13.7. The quantitative estimate of drug-likeness (QED) is 0.727. The summed E-state index contributed by atoms with van der Waals surface area (Å²) in [6.07, 6.45) is -0.0929. The monoisotopic (exact) mass is 399 g/mol. The van der Waals surface area contributed by atoms with Gasteiger partial charge in [-0.2, -0.15) is 0 Å². The normalized spacial score (nSPS) is 12.9. The average molecular weight is 399 g/mol. The van der Waals surface area contributed by atoms with E-state index in [1.165, 1.54) is 0 Å². The van der Waals surface area contributed by atoms with Crippen molar-refractivity contribution in [2.45, 2.75) is 17.4 Å². The van der Waals surface area contributed by atoms with E-state index in [1.54, 1.807) is 30.3 Å². The van der Waals surface area contributed by atoms with Gasteiger partial charge in [0.1, 0.15) is 29.1 Å². The molecule has 1 N–H and O–H groups in total. The molecule has 0 aromatic heterocycles. The minimum absolute atomic E-state index is 0.00155. The highest BCUT2D eigenvalue weighted by Crippen LogP contribution is 2.15. The number of esters is 1. The number of carbonyl (C=O) groups is 2. The molecule has 2 rings (SSSR count). The highest BCUT2D eigenvalue weighted by molar-refractivity contribution is 7.85. The van der Waals surface area contributed by atoms with Crippen molar-refractivity contribution in [3.63, 3.8) is 0 Å². The Hall–Kier alpha value is -2.68. The zero-order valence-corrected chi connectivity index (χ0v) is 15.0. The molecule has 0 bridgehead atoms. The lowest BCUT2D eigenvalue weighted by Gasteiger charge is -2.17. The molecule has 0 aliphatic carbocycles. The highest BCUT2D eigenvalue weighted by Gasteiger charge is 2.26. The van der Waals surface area contributed by atoms with E-state index in [0.717, 1.165) is 7.11 Å². The number of hydrogen-bond acceptors (Lipinski definition) is 4. The Labute approximate surface area is 156 Å². The summed E-state index contributed by atoms with van der Waals surface area (Å²) in [6.45, 7) is 0. The first kappa shape index (κ1) is 20.6. The Morgan fingerprint density at radius 2 is 1.70 bits per heavy atom. The van der Waals surface area contributed by atoms with Crippen LogP contribution in [0.25, 0.3) is 0 Å². The molecule has 0 radical (unpaired) electrons. The van der Waals surface area contributed by atoms with Crippen LogP contribution in [0.1, 0.15) is 16.8 Å². The molecule has 0 unspecified atom stereocenters. The number of hydrogen-bond donors (Lipinski definition) is 1. The van der Waals surface area contributed by atoms with Crippen LogP contribution >= 0.6 is 0 Å². The van der Waals surface area contributed by atoms with E-state index < -0.39 is 51.7 Å². The first-order chi connectivity index (χ1) is 12.8. The summed E-state index contributed by atoms with van der Waals surface area (Å²) < 4.78 is 57.2. The fourth-order valence-electron chi connectivity index (χ4n) is 2.30. The number of benzene rings is 2. The summed E-state index contributed by atoms with van der Waals surface area (Å²) in [5.74, 6) is -6.09. The number of nitrogens with one attached hydrogen (secondary N) is 1. The Bertz CT molecular complexity index is 838. The van der Waals surface area contributed by atoms with Crippen molar-refractivity contribution >= 4 is 22.7 Å². The lowest BCUT2D eigenvalue weighted by atomic mass is 10.1. The van der Waals surface area contributed by atoms with Gasteiger partial charge in [-0.1, -0.05) is 18.2 Å². The van der Waals surface area contributed by atoms with Crippen LogP contribution in [0.2, 0.25) is 0 Å². The van der Waals surface area contributed by atoms with Crippen LogP contribution in [-0.4, -0.2) is 35.0 Å². The lowest BCUT2D eigenvalue weighted by Crippen LogP contribution is -2.43. The molecule has 5 nitrogen and oxygen atoms in total. The van der Waals surface area contributed by atoms with Crippen molar-refractivity contribution in [1.82, 2.24) is 5.32 Å². The average Bonchev–Trinajstić information content (AvgIpc) is 2.64. The molecule has 0 aliphatic rings. The van der Waals surface area contributed by atoms with Gasteiger partial charge in [0.15, 0.2) is 0 Å². The van der Waals surface area contributed by atoms with Gasteiger partial charge in [-0.25, -0.2) is 18.0 Å². The largest absolute Gasteiger partial charge is 0.467 e. The van der Waals surface area contributed by atoms with Gasteiger partial charge in [0.25, 0.3) is 5.91 Å². The summed E-state index contributed by atoms with van der Waals surface area (Å²) in [5, 5.41) is 2.14. The van der Waals surface area contributed by atoms with Gasteiger partial charge in [0.2, 0.25) is 0 Å². The van der Waals surface area contributed by atoms with Crippen molar-refractivity contribution in [1.29, 1.82) is 0 Å². The van der Waals surface area contributed by atoms with E-state index in [-0.39, 0.29) is 12.2 Å². The van der Waals surface area contributed by atoms with Crippen molar-refractivity contribution in [2.24, 2.45) is 0 Å². The fourth-order valence-corrected chi connectivity index (χ4v) is 3.44. The van der Waals surface area contributed by atoms with E-state index in [2.05, 4.69) is 10.1 Å². The van der Waals surface area contributed by atoms with Gasteiger partial charge < -0.3 is 10.1 Å². The van der Waals surface area contributed by atoms with Crippen LogP contribution in [0, 0.1) is 17.5 Å². The number of halogens is 3. The fraction of sp³-hybridized carbons (Fsp3) is 0.222. The molecule has 2 aromatic carbocycles. The first-order valence-corrected chi connectivity index (χ1v) is 9.12. The third-order valence-electron chi connectivity index (χ3n) is 3.62. The molecule has 0 aliphatic heterocycles. The zero-order chi connectivity index (χ0) is 20.0. The van der Waals surface area contributed by atoms with E-state index in [4.69, 9.17) is 0 Å². The minimum Gasteiger partial charge on any atom is -0.467 e. The Kier molecular flexibility index (Phi) is 7.12. The molecular weight excluding hydrogens is 383 g/mol. The number of rotatable bonds is 7. The molecule has 1 amide bonds. The molecule has 0 fully saturated rings. The van der Waals surface area contributed by atoms with E-state index in [0.29, 0.717) is 17.0 Å². The van der Waals surface area contributed by atoms with Crippen LogP contribution in [0.15, 0.2) is 47.4 Å². The molecule has 0 heterocycles. The molecule has 2 aromatic rings. The molecule has 144 valence electrons. The van der Waals surface area contributed by atoms with Crippen LogP contribution in [0.3, 0.4) is 0 Å². The Morgan fingerprint density at radius 1 is 1.11 bits per heavy atom. The van der Waals surface area contributed by atoms with Crippen molar-refractivity contribution in [2.75, 3.05) is 12.9 Å². The van der Waals surface area contributed by atoms with Gasteiger partial charge in [0.05, 0.1) is 17.9 Å². The molecule has 9 heteroatoms. The second-order valence-electron chi connectivity index (χ2n) is 5.45. The third-order valence-corrected chi connectivity index (χ3v) is 5.03. The summed E-state index contributed by atoms with van der Waals surface area (Å²) in [7, 11) is -0.372. The maximum atomic E-state index is 13.7. The van der Waals surface area contributed by atoms with Gasteiger partial charge >= 0.3 is 5.97 Å². The van der Waals surface area contributed by atoms with Crippen LogP contribution in [0.5, 0.6) is 0 Å².